The van der Waals surface area contributed by atoms with Crippen molar-refractivity contribution < 1.29 is 19.3 Å². The number of anilines is 1. The minimum Gasteiger partial charge on any atom is -0.508 e. The number of hydrogen-bond donors (Lipinski definition) is 2. The van der Waals surface area contributed by atoms with Crippen molar-refractivity contribution in [2.24, 2.45) is 11.8 Å². The normalized spacial score (nSPS) is 21.9. The summed E-state index contributed by atoms with van der Waals surface area (Å²) in [7, 11) is 1.44. The van der Waals surface area contributed by atoms with E-state index in [0.717, 1.165) is 13.0 Å². The molecule has 6 rings (SSSR count). The van der Waals surface area contributed by atoms with Crippen molar-refractivity contribution in [2.75, 3.05) is 25.1 Å². The van der Waals surface area contributed by atoms with Crippen LogP contribution < -0.4 is 9.64 Å². The largest absolute Gasteiger partial charge is 0.508 e. The minimum atomic E-state index is -0.650. The third-order valence-electron chi connectivity index (χ3n) is 6.82. The average molecular weight is 467 g/mol. The van der Waals surface area contributed by atoms with Gasteiger partial charge < -0.3 is 19.8 Å². The lowest BCUT2D eigenvalue weighted by molar-refractivity contribution is -0.00398. The highest BCUT2D eigenvalue weighted by Gasteiger charge is 2.47. The van der Waals surface area contributed by atoms with E-state index in [4.69, 9.17) is 16.3 Å². The number of methoxy groups -OCH3 is 1. The van der Waals surface area contributed by atoms with E-state index in [1.165, 1.54) is 13.2 Å². The number of aliphatic hydroxyl groups is 1. The van der Waals surface area contributed by atoms with Gasteiger partial charge in [0.1, 0.15) is 22.8 Å². The zero-order chi connectivity index (χ0) is 22.9. The average Bonchev–Trinajstić information content (AvgIpc) is 3.15. The Morgan fingerprint density at radius 2 is 2.06 bits per heavy atom. The molecule has 0 amide bonds. The van der Waals surface area contributed by atoms with E-state index < -0.39 is 5.82 Å². The Morgan fingerprint density at radius 1 is 1.21 bits per heavy atom. The SMILES string of the molecule is COc1nc(N2C[C@@H]3CC(O)[C@@H]3C2)c2cnc(-c3cc(O)cc4cccc(Cl)c34)c(F)c2n1. The van der Waals surface area contributed by atoms with Crippen LogP contribution in [0.25, 0.3) is 32.9 Å². The van der Waals surface area contributed by atoms with Crippen LogP contribution in [0.4, 0.5) is 10.2 Å². The van der Waals surface area contributed by atoms with E-state index in [1.807, 2.05) is 4.90 Å². The number of benzene rings is 2. The molecular formula is C24H20ClFN4O3. The summed E-state index contributed by atoms with van der Waals surface area (Å²) in [5, 5.41) is 22.4. The summed E-state index contributed by atoms with van der Waals surface area (Å²) in [6.07, 6.45) is 2.01. The van der Waals surface area contributed by atoms with Crippen molar-refractivity contribution in [3.63, 3.8) is 0 Å². The second kappa shape index (κ2) is 7.40. The Balaban J connectivity index is 1.56. The molecule has 1 aliphatic carbocycles. The molecule has 0 radical (unpaired) electrons. The fraction of sp³-hybridized carbons (Fsp3) is 0.292. The van der Waals surface area contributed by atoms with Gasteiger partial charge in [-0.15, -0.1) is 0 Å². The van der Waals surface area contributed by atoms with Crippen LogP contribution in [0.2, 0.25) is 5.02 Å². The molecule has 2 aliphatic rings. The number of phenolic OH excluding ortho intramolecular Hbond substituents is 1. The first-order valence-electron chi connectivity index (χ1n) is 10.7. The topological polar surface area (TPSA) is 91.6 Å². The summed E-state index contributed by atoms with van der Waals surface area (Å²) in [6.45, 7) is 1.37. The maximum absolute atomic E-state index is 16.0. The Morgan fingerprint density at radius 3 is 2.82 bits per heavy atom. The predicted molar refractivity (Wildman–Crippen MR) is 123 cm³/mol. The molecule has 33 heavy (non-hydrogen) atoms. The predicted octanol–water partition coefficient (Wildman–Crippen LogP) is 4.17. The number of hydrogen-bond acceptors (Lipinski definition) is 7. The highest BCUT2D eigenvalue weighted by atomic mass is 35.5. The van der Waals surface area contributed by atoms with Gasteiger partial charge >= 0.3 is 6.01 Å². The second-order valence-corrected chi connectivity index (χ2v) is 9.09. The van der Waals surface area contributed by atoms with E-state index in [1.54, 1.807) is 30.5 Å². The minimum absolute atomic E-state index is 0.0203. The first kappa shape index (κ1) is 20.4. The number of aromatic hydroxyl groups is 1. The van der Waals surface area contributed by atoms with Gasteiger partial charge in [-0.1, -0.05) is 23.7 Å². The van der Waals surface area contributed by atoms with Crippen LogP contribution in [0.3, 0.4) is 0 Å². The molecule has 3 atom stereocenters. The van der Waals surface area contributed by atoms with Crippen molar-refractivity contribution in [3.8, 4) is 23.0 Å². The standard InChI is InChI=1S/C24H20ClFN4O3/c1-33-24-28-22-15(23(29-24)30-9-12-6-18(32)16(12)10-30)8-27-21(20(22)26)14-7-13(31)5-11-3-2-4-17(25)19(11)14/h2-5,7-8,12,16,18,31-32H,6,9-10H2,1H3/t12-,16+,18?/m0/s1. The summed E-state index contributed by atoms with van der Waals surface area (Å²) < 4.78 is 21.2. The third-order valence-corrected chi connectivity index (χ3v) is 7.14. The Bertz CT molecular complexity index is 1430. The van der Waals surface area contributed by atoms with Crippen molar-refractivity contribution >= 4 is 39.1 Å². The lowest BCUT2D eigenvalue weighted by Crippen LogP contribution is -2.39. The molecule has 2 fully saturated rings. The van der Waals surface area contributed by atoms with Crippen molar-refractivity contribution in [3.05, 3.63) is 47.4 Å². The first-order valence-corrected chi connectivity index (χ1v) is 11.1. The highest BCUT2D eigenvalue weighted by molar-refractivity contribution is 6.36. The number of ether oxygens (including phenoxy) is 1. The molecule has 3 heterocycles. The monoisotopic (exact) mass is 466 g/mol. The number of aliphatic hydroxyl groups excluding tert-OH is 1. The summed E-state index contributed by atoms with van der Waals surface area (Å²) in [4.78, 5) is 15.2. The Hall–Kier alpha value is -3.23. The summed E-state index contributed by atoms with van der Waals surface area (Å²) in [5.74, 6) is 0.458. The van der Waals surface area contributed by atoms with Crippen LogP contribution in [-0.4, -0.2) is 51.5 Å². The molecule has 168 valence electrons. The quantitative estimate of drug-likeness (QED) is 0.468. The van der Waals surface area contributed by atoms with Crippen LogP contribution in [0.15, 0.2) is 36.5 Å². The zero-order valence-corrected chi connectivity index (χ0v) is 18.4. The Labute approximate surface area is 193 Å². The van der Waals surface area contributed by atoms with Crippen molar-refractivity contribution in [2.45, 2.75) is 12.5 Å². The third kappa shape index (κ3) is 3.08. The Kier molecular flexibility index (Phi) is 4.57. The fourth-order valence-electron chi connectivity index (χ4n) is 5.14. The lowest BCUT2D eigenvalue weighted by Gasteiger charge is -2.34. The van der Waals surface area contributed by atoms with E-state index in [2.05, 4.69) is 15.0 Å². The van der Waals surface area contributed by atoms with Gasteiger partial charge in [-0.05, 0) is 35.9 Å². The molecule has 1 unspecified atom stereocenters. The zero-order valence-electron chi connectivity index (χ0n) is 17.7. The molecule has 0 bridgehead atoms. The van der Waals surface area contributed by atoms with Gasteiger partial charge in [0.25, 0.3) is 0 Å². The van der Waals surface area contributed by atoms with Crippen molar-refractivity contribution in [1.82, 2.24) is 15.0 Å². The number of halogens is 2. The number of rotatable bonds is 3. The highest BCUT2D eigenvalue weighted by Crippen LogP contribution is 2.44. The fourth-order valence-corrected chi connectivity index (χ4v) is 5.42. The molecular weight excluding hydrogens is 447 g/mol. The van der Waals surface area contributed by atoms with Crippen LogP contribution in [0.5, 0.6) is 11.8 Å². The maximum Gasteiger partial charge on any atom is 0.318 e. The van der Waals surface area contributed by atoms with Crippen LogP contribution >= 0.6 is 11.6 Å². The number of nitrogens with zero attached hydrogens (tertiary/aromatic N) is 4. The molecule has 9 heteroatoms. The number of fused-ring (bicyclic) bond motifs is 3. The molecule has 2 N–H and O–H groups in total. The molecule has 1 aliphatic heterocycles. The first-order chi connectivity index (χ1) is 15.9. The van der Waals surface area contributed by atoms with Crippen molar-refractivity contribution in [1.29, 1.82) is 0 Å². The van der Waals surface area contributed by atoms with Gasteiger partial charge in [0.2, 0.25) is 0 Å². The second-order valence-electron chi connectivity index (χ2n) is 8.68. The van der Waals surface area contributed by atoms with E-state index in [0.29, 0.717) is 45.0 Å². The van der Waals surface area contributed by atoms with E-state index in [-0.39, 0.29) is 35.0 Å². The molecule has 1 saturated carbocycles. The van der Waals surface area contributed by atoms with Gasteiger partial charge in [0, 0.05) is 41.2 Å². The number of phenols is 1. The maximum atomic E-state index is 16.0. The number of pyridine rings is 1. The van der Waals surface area contributed by atoms with E-state index >= 15 is 4.39 Å². The van der Waals surface area contributed by atoms with Crippen LogP contribution in [-0.2, 0) is 0 Å². The number of aromatic nitrogens is 3. The molecule has 2 aromatic heterocycles. The van der Waals surface area contributed by atoms with Gasteiger partial charge in [0.15, 0.2) is 5.82 Å². The van der Waals surface area contributed by atoms with Gasteiger partial charge in [0.05, 0.1) is 18.6 Å². The van der Waals surface area contributed by atoms with Gasteiger partial charge in [-0.2, -0.15) is 9.97 Å². The van der Waals surface area contributed by atoms with Gasteiger partial charge in [-0.25, -0.2) is 4.39 Å². The lowest BCUT2D eigenvalue weighted by atomic mass is 9.74. The van der Waals surface area contributed by atoms with Gasteiger partial charge in [-0.3, -0.25) is 4.98 Å². The summed E-state index contributed by atoms with van der Waals surface area (Å²) in [6, 6.07) is 8.34. The molecule has 7 nitrogen and oxygen atoms in total. The molecule has 2 aromatic carbocycles. The molecule has 0 spiro atoms. The molecule has 4 aromatic rings. The molecule has 1 saturated heterocycles. The van der Waals surface area contributed by atoms with Crippen LogP contribution in [0.1, 0.15) is 6.42 Å². The van der Waals surface area contributed by atoms with Crippen LogP contribution in [0, 0.1) is 17.7 Å². The summed E-state index contributed by atoms with van der Waals surface area (Å²) in [5.41, 5.74) is 0.474. The van der Waals surface area contributed by atoms with E-state index in [9.17, 15) is 10.2 Å². The summed E-state index contributed by atoms with van der Waals surface area (Å²) >= 11 is 6.43. The smallest absolute Gasteiger partial charge is 0.318 e.